The molecule has 0 unspecified atom stereocenters. The number of amides is 1. The maximum atomic E-state index is 11.2. The van der Waals surface area contributed by atoms with Gasteiger partial charge in [-0.2, -0.15) is 5.10 Å². The molecule has 2 aliphatic heterocycles. The van der Waals surface area contributed by atoms with Crippen molar-refractivity contribution in [3.05, 3.63) is 35.3 Å². The van der Waals surface area contributed by atoms with Gasteiger partial charge in [-0.3, -0.25) is 24.9 Å². The Morgan fingerprint density at radius 3 is 2.60 bits per heavy atom. The molecule has 0 radical (unpaired) electrons. The molecular weight excluding hydrogens is 550 g/mol. The van der Waals surface area contributed by atoms with Crippen molar-refractivity contribution in [2.24, 2.45) is 0 Å². The largest absolute Gasteiger partial charge is 0.353 e. The fourth-order valence-corrected chi connectivity index (χ4v) is 7.14. The third-order valence-corrected chi connectivity index (χ3v) is 9.64. The van der Waals surface area contributed by atoms with E-state index in [1.165, 1.54) is 9.58 Å². The minimum atomic E-state index is -0.299. The molecule has 12 heteroatoms. The SMILES string of the molecule is CN1CCN(Cc2cc3nc(-c4cccc5[nH]ncc45)nc(N4CCN(CCCCCCC(=O)NO)CC4)c3s2)CC1. The number of hydroxylamine groups is 1. The summed E-state index contributed by atoms with van der Waals surface area (Å²) in [5, 5.41) is 17.0. The smallest absolute Gasteiger partial charge is 0.243 e. The maximum absolute atomic E-state index is 11.2. The van der Waals surface area contributed by atoms with Crippen LogP contribution in [0.25, 0.3) is 32.5 Å². The molecule has 0 spiro atoms. The molecule has 0 bridgehead atoms. The summed E-state index contributed by atoms with van der Waals surface area (Å²) < 4.78 is 1.18. The van der Waals surface area contributed by atoms with E-state index in [0.29, 0.717) is 6.42 Å². The Morgan fingerprint density at radius 2 is 1.79 bits per heavy atom. The van der Waals surface area contributed by atoms with E-state index in [4.69, 9.17) is 15.2 Å². The van der Waals surface area contributed by atoms with E-state index < -0.39 is 0 Å². The van der Waals surface area contributed by atoms with Gasteiger partial charge in [0.05, 0.1) is 21.9 Å². The minimum absolute atomic E-state index is 0.299. The molecule has 2 fully saturated rings. The van der Waals surface area contributed by atoms with Crippen LogP contribution in [0.3, 0.4) is 0 Å². The van der Waals surface area contributed by atoms with Crippen LogP contribution in [0.5, 0.6) is 0 Å². The molecule has 224 valence electrons. The van der Waals surface area contributed by atoms with E-state index in [9.17, 15) is 4.79 Å². The van der Waals surface area contributed by atoms with Crippen LogP contribution in [0.4, 0.5) is 5.82 Å². The van der Waals surface area contributed by atoms with Gasteiger partial charge in [0.2, 0.25) is 5.91 Å². The number of unbranched alkanes of at least 4 members (excludes halogenated alkanes) is 3. The molecule has 2 saturated heterocycles. The van der Waals surface area contributed by atoms with Gasteiger partial charge in [0.25, 0.3) is 0 Å². The minimum Gasteiger partial charge on any atom is -0.353 e. The van der Waals surface area contributed by atoms with Gasteiger partial charge < -0.3 is 9.80 Å². The number of benzene rings is 1. The Morgan fingerprint density at radius 1 is 1.00 bits per heavy atom. The van der Waals surface area contributed by atoms with Crippen molar-refractivity contribution in [3.8, 4) is 11.4 Å². The summed E-state index contributed by atoms with van der Waals surface area (Å²) >= 11 is 1.85. The normalized spacial score (nSPS) is 17.4. The summed E-state index contributed by atoms with van der Waals surface area (Å²) in [6.45, 7) is 10.3. The number of H-pyrrole nitrogens is 1. The summed E-state index contributed by atoms with van der Waals surface area (Å²) in [4.78, 5) is 32.8. The van der Waals surface area contributed by atoms with E-state index in [-0.39, 0.29) is 5.91 Å². The monoisotopic (exact) mass is 591 g/mol. The highest BCUT2D eigenvalue weighted by Crippen LogP contribution is 2.36. The number of aromatic amines is 1. The van der Waals surface area contributed by atoms with Crippen LogP contribution in [0.15, 0.2) is 30.5 Å². The standard InChI is InChI=1S/C30H41N9O2S/c1-36-11-13-38(14-12-36)21-22-19-26-28(42-22)30(33-29(32-26)23-7-6-8-25-24(23)20-31-34-25)39-17-15-37(16-18-39)10-5-3-2-4-9-27(40)35-41/h6-8,19-20,41H,2-5,9-18,21H2,1H3,(H,31,34)(H,35,40). The van der Waals surface area contributed by atoms with Gasteiger partial charge in [-0.1, -0.05) is 25.0 Å². The summed E-state index contributed by atoms with van der Waals surface area (Å²) in [7, 11) is 2.20. The fourth-order valence-electron chi connectivity index (χ4n) is 5.98. The van der Waals surface area contributed by atoms with E-state index >= 15 is 0 Å². The summed E-state index contributed by atoms with van der Waals surface area (Å²) in [6, 6.07) is 8.45. The van der Waals surface area contributed by atoms with E-state index in [2.05, 4.69) is 49.0 Å². The third-order valence-electron chi connectivity index (χ3n) is 8.53. The van der Waals surface area contributed by atoms with Crippen molar-refractivity contribution < 1.29 is 10.0 Å². The average molecular weight is 592 g/mol. The summed E-state index contributed by atoms with van der Waals surface area (Å²) in [5.41, 5.74) is 4.73. The number of piperazine rings is 2. The molecule has 1 amide bonds. The molecule has 0 atom stereocenters. The number of hydrogen-bond donors (Lipinski definition) is 3. The number of hydrogen-bond acceptors (Lipinski definition) is 10. The van der Waals surface area contributed by atoms with Gasteiger partial charge in [-0.15, -0.1) is 11.3 Å². The number of anilines is 1. The van der Waals surface area contributed by atoms with Crippen LogP contribution in [0, 0.1) is 0 Å². The van der Waals surface area contributed by atoms with Gasteiger partial charge in [-0.25, -0.2) is 15.4 Å². The number of nitrogens with one attached hydrogen (secondary N) is 2. The van der Waals surface area contributed by atoms with Gasteiger partial charge in [0, 0.05) is 81.2 Å². The fraction of sp³-hybridized carbons (Fsp3) is 0.533. The number of likely N-dealkylation sites (N-methyl/N-ethyl adjacent to an activating group) is 1. The first-order chi connectivity index (χ1) is 20.6. The number of thiophene rings is 1. The molecule has 11 nitrogen and oxygen atoms in total. The topological polar surface area (TPSA) is 117 Å². The first kappa shape index (κ1) is 28.9. The van der Waals surface area contributed by atoms with Crippen molar-refractivity contribution in [1.82, 2.24) is 40.3 Å². The van der Waals surface area contributed by atoms with Crippen LogP contribution in [0.2, 0.25) is 0 Å². The Kier molecular flexibility index (Phi) is 9.25. The molecule has 42 heavy (non-hydrogen) atoms. The zero-order valence-corrected chi connectivity index (χ0v) is 25.2. The molecular formula is C30H41N9O2S. The lowest BCUT2D eigenvalue weighted by Crippen LogP contribution is -2.47. The number of aromatic nitrogens is 4. The third kappa shape index (κ3) is 6.73. The highest BCUT2D eigenvalue weighted by molar-refractivity contribution is 7.19. The van der Waals surface area contributed by atoms with E-state index in [1.54, 1.807) is 5.48 Å². The number of rotatable bonds is 11. The highest BCUT2D eigenvalue weighted by Gasteiger charge is 2.24. The molecule has 1 aromatic carbocycles. The Hall–Kier alpha value is -3.16. The summed E-state index contributed by atoms with van der Waals surface area (Å²) in [5.74, 6) is 1.50. The van der Waals surface area contributed by atoms with Crippen molar-refractivity contribution >= 4 is 44.2 Å². The number of carbonyl (C=O) groups excluding carboxylic acids is 1. The molecule has 0 aliphatic carbocycles. The average Bonchev–Trinajstić information content (AvgIpc) is 3.66. The molecule has 6 rings (SSSR count). The second-order valence-corrected chi connectivity index (χ2v) is 12.7. The van der Waals surface area contributed by atoms with Crippen molar-refractivity contribution in [3.63, 3.8) is 0 Å². The van der Waals surface area contributed by atoms with Crippen LogP contribution < -0.4 is 10.4 Å². The molecule has 3 aromatic heterocycles. The molecule has 3 N–H and O–H groups in total. The molecule has 5 heterocycles. The predicted octanol–water partition coefficient (Wildman–Crippen LogP) is 3.56. The quantitative estimate of drug-likeness (QED) is 0.137. The molecule has 4 aromatic rings. The Balaban J connectivity index is 1.18. The maximum Gasteiger partial charge on any atom is 0.243 e. The number of fused-ring (bicyclic) bond motifs is 2. The zero-order valence-electron chi connectivity index (χ0n) is 24.4. The van der Waals surface area contributed by atoms with Crippen LogP contribution in [-0.4, -0.2) is 112 Å². The number of nitrogens with zero attached hydrogens (tertiary/aromatic N) is 7. The molecule has 2 aliphatic rings. The Labute approximate surface area is 250 Å². The summed E-state index contributed by atoms with van der Waals surface area (Å²) in [6.07, 6.45) is 6.30. The van der Waals surface area contributed by atoms with Gasteiger partial charge >= 0.3 is 0 Å². The van der Waals surface area contributed by atoms with Gasteiger partial charge in [0.1, 0.15) is 0 Å². The second kappa shape index (κ2) is 13.4. The first-order valence-corrected chi connectivity index (χ1v) is 15.9. The zero-order chi connectivity index (χ0) is 28.9. The van der Waals surface area contributed by atoms with Crippen LogP contribution in [-0.2, 0) is 11.3 Å². The van der Waals surface area contributed by atoms with Crippen LogP contribution in [0.1, 0.15) is 37.0 Å². The van der Waals surface area contributed by atoms with Crippen molar-refractivity contribution in [2.75, 3.05) is 70.9 Å². The van der Waals surface area contributed by atoms with Crippen LogP contribution >= 0.6 is 11.3 Å². The first-order valence-electron chi connectivity index (χ1n) is 15.1. The van der Waals surface area contributed by atoms with Crippen molar-refractivity contribution in [2.45, 2.75) is 38.6 Å². The molecule has 0 saturated carbocycles. The van der Waals surface area contributed by atoms with E-state index in [0.717, 1.165) is 125 Å². The second-order valence-electron chi connectivity index (χ2n) is 11.5. The highest BCUT2D eigenvalue weighted by atomic mass is 32.1. The lowest BCUT2D eigenvalue weighted by molar-refractivity contribution is -0.129. The van der Waals surface area contributed by atoms with Gasteiger partial charge in [0.15, 0.2) is 11.6 Å². The van der Waals surface area contributed by atoms with Crippen molar-refractivity contribution in [1.29, 1.82) is 0 Å². The Bertz CT molecular complexity index is 1490. The lowest BCUT2D eigenvalue weighted by atomic mass is 10.1. The number of carbonyl (C=O) groups is 1. The van der Waals surface area contributed by atoms with Gasteiger partial charge in [-0.05, 0) is 38.6 Å². The predicted molar refractivity (Wildman–Crippen MR) is 167 cm³/mol. The van der Waals surface area contributed by atoms with E-state index in [1.807, 2.05) is 29.7 Å². The lowest BCUT2D eigenvalue weighted by Gasteiger charge is -2.35.